The highest BCUT2D eigenvalue weighted by Gasteiger charge is 2.20. The summed E-state index contributed by atoms with van der Waals surface area (Å²) < 4.78 is 13.2. The van der Waals surface area contributed by atoms with E-state index in [0.29, 0.717) is 29.3 Å². The third kappa shape index (κ3) is 6.18. The zero-order valence-corrected chi connectivity index (χ0v) is 18.6. The first-order valence-electron chi connectivity index (χ1n) is 11.1. The number of benzene rings is 1. The molecule has 3 aromatic rings. The van der Waals surface area contributed by atoms with Crippen LogP contribution in [0.2, 0.25) is 0 Å². The van der Waals surface area contributed by atoms with Crippen molar-refractivity contribution in [3.8, 4) is 11.8 Å². The molecule has 2 aromatic heterocycles. The number of aromatic amines is 1. The number of hydrogen-bond acceptors (Lipinski definition) is 5. The molecule has 3 heterocycles. The molecule has 1 aromatic carbocycles. The predicted octanol–water partition coefficient (Wildman–Crippen LogP) is 2.50. The molecule has 1 unspecified atom stereocenters. The van der Waals surface area contributed by atoms with Gasteiger partial charge < -0.3 is 15.5 Å². The average Bonchev–Trinajstić information content (AvgIpc) is 3.35. The first-order chi connectivity index (χ1) is 16.1. The molecule has 33 heavy (non-hydrogen) atoms. The number of nitrogens with one attached hydrogen (secondary N) is 3. The number of halogens is 1. The second kappa shape index (κ2) is 10.7. The number of carbonyl (C=O) groups excluding carboxylic acids is 1. The van der Waals surface area contributed by atoms with Gasteiger partial charge in [-0.2, -0.15) is 5.10 Å². The number of hydrogen-bond donors (Lipinski definition) is 3. The summed E-state index contributed by atoms with van der Waals surface area (Å²) in [6, 6.07) is 8.16. The van der Waals surface area contributed by atoms with Crippen molar-refractivity contribution in [1.29, 1.82) is 0 Å². The number of piperazine rings is 1. The lowest BCUT2D eigenvalue weighted by atomic mass is 10.1. The van der Waals surface area contributed by atoms with E-state index in [9.17, 15) is 9.18 Å². The van der Waals surface area contributed by atoms with Crippen LogP contribution in [-0.4, -0.2) is 53.3 Å². The van der Waals surface area contributed by atoms with Gasteiger partial charge in [-0.25, -0.2) is 9.37 Å². The van der Waals surface area contributed by atoms with Crippen molar-refractivity contribution >= 4 is 11.7 Å². The number of H-pyrrole nitrogens is 1. The normalized spacial score (nSPS) is 15.6. The van der Waals surface area contributed by atoms with Crippen LogP contribution in [0.4, 0.5) is 10.2 Å². The highest BCUT2D eigenvalue weighted by molar-refractivity contribution is 5.94. The number of aromatic nitrogens is 3. The topological polar surface area (TPSA) is 85.9 Å². The molecule has 170 valence electrons. The highest BCUT2D eigenvalue weighted by atomic mass is 19.1. The second-order valence-electron chi connectivity index (χ2n) is 8.12. The Morgan fingerprint density at radius 2 is 2.12 bits per heavy atom. The van der Waals surface area contributed by atoms with E-state index in [4.69, 9.17) is 0 Å². The average molecular weight is 447 g/mol. The van der Waals surface area contributed by atoms with Gasteiger partial charge in [-0.1, -0.05) is 11.8 Å². The summed E-state index contributed by atoms with van der Waals surface area (Å²) >= 11 is 0. The summed E-state index contributed by atoms with van der Waals surface area (Å²) in [5, 5.41) is 13.1. The summed E-state index contributed by atoms with van der Waals surface area (Å²) in [5.41, 5.74) is 2.96. The fourth-order valence-electron chi connectivity index (χ4n) is 3.73. The smallest absolute Gasteiger partial charge is 0.252 e. The zero-order chi connectivity index (χ0) is 23.0. The zero-order valence-electron chi connectivity index (χ0n) is 18.6. The van der Waals surface area contributed by atoms with E-state index in [0.717, 1.165) is 43.9 Å². The summed E-state index contributed by atoms with van der Waals surface area (Å²) in [6.45, 7) is 5.14. The molecule has 1 fully saturated rings. The minimum Gasteiger partial charge on any atom is -0.353 e. The number of nitrogens with zero attached hydrogens (tertiary/aromatic N) is 3. The quantitative estimate of drug-likeness (QED) is 0.400. The van der Waals surface area contributed by atoms with Crippen LogP contribution in [0.15, 0.2) is 48.9 Å². The Labute approximate surface area is 192 Å². The van der Waals surface area contributed by atoms with Gasteiger partial charge in [-0.15, -0.1) is 0 Å². The monoisotopic (exact) mass is 446 g/mol. The van der Waals surface area contributed by atoms with Gasteiger partial charge in [-0.05, 0) is 55.7 Å². The highest BCUT2D eigenvalue weighted by Crippen LogP contribution is 2.20. The van der Waals surface area contributed by atoms with Crippen LogP contribution in [0.3, 0.4) is 0 Å². The van der Waals surface area contributed by atoms with Crippen LogP contribution in [0.25, 0.3) is 0 Å². The maximum absolute atomic E-state index is 13.2. The molecule has 1 aliphatic heterocycles. The van der Waals surface area contributed by atoms with Crippen molar-refractivity contribution in [2.75, 3.05) is 31.1 Å². The molecule has 8 heteroatoms. The molecule has 0 spiro atoms. The van der Waals surface area contributed by atoms with Gasteiger partial charge in [-0.3, -0.25) is 9.89 Å². The predicted molar refractivity (Wildman–Crippen MR) is 126 cm³/mol. The molecule has 0 radical (unpaired) electrons. The van der Waals surface area contributed by atoms with Crippen LogP contribution in [0.1, 0.15) is 40.4 Å². The molecule has 3 N–H and O–H groups in total. The van der Waals surface area contributed by atoms with Gasteiger partial charge in [0.15, 0.2) is 0 Å². The number of carbonyl (C=O) groups is 1. The fourth-order valence-corrected chi connectivity index (χ4v) is 3.73. The fraction of sp³-hybridized carbons (Fsp3) is 0.320. The van der Waals surface area contributed by atoms with Crippen molar-refractivity contribution < 1.29 is 9.18 Å². The number of rotatable bonds is 6. The van der Waals surface area contributed by atoms with Gasteiger partial charge in [0.05, 0.1) is 17.3 Å². The molecule has 1 amide bonds. The van der Waals surface area contributed by atoms with Gasteiger partial charge in [0.1, 0.15) is 11.6 Å². The first-order valence-corrected chi connectivity index (χ1v) is 11.1. The van der Waals surface area contributed by atoms with E-state index in [1.807, 2.05) is 6.20 Å². The van der Waals surface area contributed by atoms with Crippen molar-refractivity contribution in [3.05, 3.63) is 77.0 Å². The van der Waals surface area contributed by atoms with Crippen molar-refractivity contribution in [1.82, 2.24) is 25.8 Å². The van der Waals surface area contributed by atoms with Gasteiger partial charge >= 0.3 is 0 Å². The Kier molecular flexibility index (Phi) is 7.33. The first kappa shape index (κ1) is 22.5. The maximum atomic E-state index is 13.2. The standard InChI is InChI=1S/C25H27FN6O/c1-18-17-32(12-11-27-18)24-21(7-4-19-5-8-23(26)9-6-19)13-22(16-29-24)25(33)28-10-2-3-20-14-30-31-15-20/h5-6,8-9,13-16,18,27H,2-3,10-12,17H2,1H3,(H,28,33)(H,30,31). The maximum Gasteiger partial charge on any atom is 0.252 e. The van der Waals surface area contributed by atoms with Crippen molar-refractivity contribution in [2.45, 2.75) is 25.8 Å². The Morgan fingerprint density at radius 1 is 1.27 bits per heavy atom. The van der Waals surface area contributed by atoms with Crippen LogP contribution < -0.4 is 15.5 Å². The summed E-state index contributed by atoms with van der Waals surface area (Å²) in [5.74, 6) is 6.50. The third-order valence-corrected chi connectivity index (χ3v) is 5.47. The van der Waals surface area contributed by atoms with Crippen LogP contribution in [0.5, 0.6) is 0 Å². The van der Waals surface area contributed by atoms with E-state index >= 15 is 0 Å². The molecule has 1 saturated heterocycles. The van der Waals surface area contributed by atoms with E-state index in [2.05, 4.69) is 49.5 Å². The number of pyridine rings is 1. The van der Waals surface area contributed by atoms with Crippen LogP contribution >= 0.6 is 0 Å². The molecular formula is C25H27FN6O. The van der Waals surface area contributed by atoms with E-state index in [1.165, 1.54) is 12.1 Å². The van der Waals surface area contributed by atoms with Gasteiger partial charge in [0, 0.05) is 50.2 Å². The summed E-state index contributed by atoms with van der Waals surface area (Å²) in [4.78, 5) is 19.5. The van der Waals surface area contributed by atoms with Crippen LogP contribution in [-0.2, 0) is 6.42 Å². The largest absolute Gasteiger partial charge is 0.353 e. The van der Waals surface area contributed by atoms with Gasteiger partial charge in [0.25, 0.3) is 5.91 Å². The molecule has 4 rings (SSSR count). The number of amides is 1. The second-order valence-corrected chi connectivity index (χ2v) is 8.12. The Balaban J connectivity index is 1.51. The number of aryl methyl sites for hydroxylation is 1. The summed E-state index contributed by atoms with van der Waals surface area (Å²) in [6.07, 6.45) is 6.90. The molecule has 1 atom stereocenters. The Bertz CT molecular complexity index is 1130. The molecule has 0 bridgehead atoms. The number of anilines is 1. The summed E-state index contributed by atoms with van der Waals surface area (Å²) in [7, 11) is 0. The molecule has 0 saturated carbocycles. The van der Waals surface area contributed by atoms with Gasteiger partial charge in [0.2, 0.25) is 0 Å². The Hall–Kier alpha value is -3.70. The lowest BCUT2D eigenvalue weighted by Gasteiger charge is -2.33. The minimum atomic E-state index is -0.302. The molecular weight excluding hydrogens is 419 g/mol. The van der Waals surface area contributed by atoms with Crippen LogP contribution in [0, 0.1) is 17.7 Å². The Morgan fingerprint density at radius 3 is 2.88 bits per heavy atom. The lowest BCUT2D eigenvalue weighted by Crippen LogP contribution is -2.49. The lowest BCUT2D eigenvalue weighted by molar-refractivity contribution is 0.0953. The van der Waals surface area contributed by atoms with Crippen molar-refractivity contribution in [3.63, 3.8) is 0 Å². The third-order valence-electron chi connectivity index (χ3n) is 5.47. The molecule has 1 aliphatic rings. The van der Waals surface area contributed by atoms with E-state index < -0.39 is 0 Å². The minimum absolute atomic E-state index is 0.181. The van der Waals surface area contributed by atoms with Crippen molar-refractivity contribution in [2.24, 2.45) is 0 Å². The molecule has 0 aliphatic carbocycles. The SMILES string of the molecule is CC1CN(c2ncc(C(=O)NCCCc3cn[nH]c3)cc2C#Cc2ccc(F)cc2)CCN1. The molecule has 7 nitrogen and oxygen atoms in total. The van der Waals surface area contributed by atoms with E-state index in [1.54, 1.807) is 30.6 Å². The van der Waals surface area contributed by atoms with E-state index in [-0.39, 0.29) is 11.7 Å².